The van der Waals surface area contributed by atoms with Crippen LogP contribution in [0, 0.1) is 11.8 Å². The van der Waals surface area contributed by atoms with Crippen molar-refractivity contribution in [3.05, 3.63) is 12.2 Å². The molecule has 3 atom stereocenters. The highest BCUT2D eigenvalue weighted by atomic mass is 16.7. The molecule has 2 fully saturated rings. The fraction of sp³-hybridized carbons (Fsp3) is 0.824. The first-order valence-corrected chi connectivity index (χ1v) is 8.33. The first kappa shape index (κ1) is 16.5. The second-order valence-corrected chi connectivity index (χ2v) is 6.18. The van der Waals surface area contributed by atoms with Gasteiger partial charge in [-0.3, -0.25) is 4.79 Å². The van der Waals surface area contributed by atoms with Crippen LogP contribution >= 0.6 is 0 Å². The van der Waals surface area contributed by atoms with Crippen LogP contribution in [0.15, 0.2) is 12.2 Å². The predicted octanol–water partition coefficient (Wildman–Crippen LogP) is 3.76. The molecule has 1 heterocycles. The third kappa shape index (κ3) is 4.82. The van der Waals surface area contributed by atoms with E-state index in [0.717, 1.165) is 51.6 Å². The first-order chi connectivity index (χ1) is 10.2. The summed E-state index contributed by atoms with van der Waals surface area (Å²) in [7, 11) is 0. The van der Waals surface area contributed by atoms with E-state index in [-0.39, 0.29) is 18.3 Å². The van der Waals surface area contributed by atoms with Crippen molar-refractivity contribution in [3.8, 4) is 0 Å². The molecule has 1 N–H and O–H groups in total. The summed E-state index contributed by atoms with van der Waals surface area (Å²) in [5, 5.41) is 9.69. The number of ether oxygens (including phenoxy) is 2. The Labute approximate surface area is 127 Å². The third-order valence-electron chi connectivity index (χ3n) is 4.66. The molecule has 21 heavy (non-hydrogen) atoms. The average molecular weight is 296 g/mol. The highest BCUT2D eigenvalue weighted by molar-refractivity contribution is 5.71. The topological polar surface area (TPSA) is 55.8 Å². The maximum atomic E-state index is 11.8. The zero-order valence-electron chi connectivity index (χ0n) is 13.0. The van der Waals surface area contributed by atoms with E-state index in [9.17, 15) is 9.90 Å². The zero-order valence-corrected chi connectivity index (χ0v) is 13.0. The maximum Gasteiger partial charge on any atom is 0.309 e. The van der Waals surface area contributed by atoms with Gasteiger partial charge in [-0.15, -0.1) is 0 Å². The zero-order chi connectivity index (χ0) is 15.1. The van der Waals surface area contributed by atoms with E-state index in [1.807, 2.05) is 19.1 Å². The third-order valence-corrected chi connectivity index (χ3v) is 4.66. The molecule has 4 nitrogen and oxygen atoms in total. The van der Waals surface area contributed by atoms with Crippen LogP contribution in [-0.2, 0) is 14.3 Å². The number of hydrogen-bond acceptors (Lipinski definition) is 3. The number of carboxylic acid groups (broad SMARTS) is 1. The van der Waals surface area contributed by atoms with Crippen molar-refractivity contribution in [3.63, 3.8) is 0 Å². The molecular formula is C17H28O4. The lowest BCUT2D eigenvalue weighted by molar-refractivity contribution is -0.205. The molecule has 0 amide bonds. The van der Waals surface area contributed by atoms with Gasteiger partial charge < -0.3 is 14.6 Å². The van der Waals surface area contributed by atoms with Gasteiger partial charge in [0.2, 0.25) is 0 Å². The van der Waals surface area contributed by atoms with Gasteiger partial charge in [-0.2, -0.15) is 0 Å². The van der Waals surface area contributed by atoms with Gasteiger partial charge in [-0.05, 0) is 51.4 Å². The fourth-order valence-corrected chi connectivity index (χ4v) is 3.55. The van der Waals surface area contributed by atoms with Crippen molar-refractivity contribution in [2.45, 2.75) is 70.7 Å². The number of aliphatic carboxylic acids is 1. The van der Waals surface area contributed by atoms with Crippen molar-refractivity contribution >= 4 is 5.97 Å². The summed E-state index contributed by atoms with van der Waals surface area (Å²) < 4.78 is 11.7. The molecule has 1 aliphatic heterocycles. The van der Waals surface area contributed by atoms with Gasteiger partial charge in [0, 0.05) is 6.61 Å². The van der Waals surface area contributed by atoms with Gasteiger partial charge in [0.25, 0.3) is 0 Å². The molecule has 0 aromatic heterocycles. The van der Waals surface area contributed by atoms with E-state index in [1.54, 1.807) is 0 Å². The van der Waals surface area contributed by atoms with E-state index in [1.165, 1.54) is 0 Å². The largest absolute Gasteiger partial charge is 0.481 e. The van der Waals surface area contributed by atoms with Crippen LogP contribution in [0.2, 0.25) is 0 Å². The minimum atomic E-state index is -0.716. The fourth-order valence-electron chi connectivity index (χ4n) is 3.55. The molecule has 2 aliphatic rings. The van der Waals surface area contributed by atoms with Crippen LogP contribution < -0.4 is 0 Å². The van der Waals surface area contributed by atoms with Crippen molar-refractivity contribution in [2.24, 2.45) is 11.8 Å². The molecule has 1 aliphatic carbocycles. The summed E-state index contributed by atoms with van der Waals surface area (Å²) in [6, 6.07) is 0. The molecule has 1 saturated heterocycles. The number of carbonyl (C=O) groups is 1. The first-order valence-electron chi connectivity index (χ1n) is 8.33. The van der Waals surface area contributed by atoms with Crippen LogP contribution in [-0.4, -0.2) is 30.1 Å². The monoisotopic (exact) mass is 296 g/mol. The lowest BCUT2D eigenvalue weighted by Gasteiger charge is -2.32. The lowest BCUT2D eigenvalue weighted by Crippen LogP contribution is -2.39. The van der Waals surface area contributed by atoms with Gasteiger partial charge in [-0.1, -0.05) is 25.0 Å². The Morgan fingerprint density at radius 2 is 2.00 bits per heavy atom. The molecule has 1 saturated carbocycles. The molecule has 4 heteroatoms. The number of hydrogen-bond donors (Lipinski definition) is 1. The maximum absolute atomic E-state index is 11.8. The number of rotatable bonds is 7. The number of carboxylic acids is 1. The van der Waals surface area contributed by atoms with E-state index < -0.39 is 11.9 Å². The Kier molecular flexibility index (Phi) is 6.71. The van der Waals surface area contributed by atoms with Crippen molar-refractivity contribution < 1.29 is 19.4 Å². The van der Waals surface area contributed by atoms with Crippen LogP contribution in [0.5, 0.6) is 0 Å². The second kappa shape index (κ2) is 8.54. The summed E-state index contributed by atoms with van der Waals surface area (Å²) in [6.07, 6.45) is 11.5. The number of allylic oxidation sites excluding steroid dienone is 1. The van der Waals surface area contributed by atoms with Gasteiger partial charge in [0.1, 0.15) is 0 Å². The summed E-state index contributed by atoms with van der Waals surface area (Å²) in [4.78, 5) is 11.8. The van der Waals surface area contributed by atoms with E-state index >= 15 is 0 Å². The van der Waals surface area contributed by atoms with Gasteiger partial charge in [0.05, 0.1) is 12.0 Å². The standard InChI is InChI=1S/C17H28O4/c1-2-3-10-14(21-15-11-6-7-12-20-15)16(17(18)19)13-8-4-5-9-13/h2-3,13-16H,4-12H2,1H3,(H,18,19). The molecule has 3 unspecified atom stereocenters. The quantitative estimate of drug-likeness (QED) is 0.727. The Morgan fingerprint density at radius 3 is 2.57 bits per heavy atom. The molecule has 2 rings (SSSR count). The summed E-state index contributed by atoms with van der Waals surface area (Å²) in [5.41, 5.74) is 0. The van der Waals surface area contributed by atoms with Crippen LogP contribution in [0.4, 0.5) is 0 Å². The Hall–Kier alpha value is -0.870. The average Bonchev–Trinajstić information content (AvgIpc) is 2.99. The molecule has 0 spiro atoms. The summed E-state index contributed by atoms with van der Waals surface area (Å²) in [6.45, 7) is 2.68. The normalized spacial score (nSPS) is 27.0. The smallest absolute Gasteiger partial charge is 0.309 e. The molecular weight excluding hydrogens is 268 g/mol. The Morgan fingerprint density at radius 1 is 1.29 bits per heavy atom. The Balaban J connectivity index is 2.04. The highest BCUT2D eigenvalue weighted by Gasteiger charge is 2.38. The van der Waals surface area contributed by atoms with Crippen molar-refractivity contribution in [1.29, 1.82) is 0 Å². The van der Waals surface area contributed by atoms with E-state index in [4.69, 9.17) is 9.47 Å². The predicted molar refractivity (Wildman–Crippen MR) is 81.0 cm³/mol. The molecule has 0 aromatic carbocycles. The molecule has 0 aromatic rings. The summed E-state index contributed by atoms with van der Waals surface area (Å²) >= 11 is 0. The van der Waals surface area contributed by atoms with Gasteiger partial charge in [-0.25, -0.2) is 0 Å². The van der Waals surface area contributed by atoms with Crippen LogP contribution in [0.1, 0.15) is 58.3 Å². The molecule has 0 radical (unpaired) electrons. The minimum Gasteiger partial charge on any atom is -0.481 e. The van der Waals surface area contributed by atoms with Crippen molar-refractivity contribution in [1.82, 2.24) is 0 Å². The van der Waals surface area contributed by atoms with Gasteiger partial charge >= 0.3 is 5.97 Å². The lowest BCUT2D eigenvalue weighted by atomic mass is 9.84. The van der Waals surface area contributed by atoms with Crippen molar-refractivity contribution in [2.75, 3.05) is 6.61 Å². The second-order valence-electron chi connectivity index (χ2n) is 6.18. The minimum absolute atomic E-state index is 0.225. The molecule has 120 valence electrons. The SMILES string of the molecule is CC=CCC(OC1CCCCO1)C(C(=O)O)C1CCCC1. The highest BCUT2D eigenvalue weighted by Crippen LogP contribution is 2.36. The van der Waals surface area contributed by atoms with Crippen LogP contribution in [0.25, 0.3) is 0 Å². The van der Waals surface area contributed by atoms with E-state index in [0.29, 0.717) is 6.42 Å². The van der Waals surface area contributed by atoms with Gasteiger partial charge in [0.15, 0.2) is 6.29 Å². The Bertz CT molecular complexity index is 341. The summed E-state index contributed by atoms with van der Waals surface area (Å²) in [5.74, 6) is -0.872. The molecule has 0 bridgehead atoms. The van der Waals surface area contributed by atoms with E-state index in [2.05, 4.69) is 0 Å². The van der Waals surface area contributed by atoms with Crippen LogP contribution in [0.3, 0.4) is 0 Å².